The van der Waals surface area contributed by atoms with Crippen molar-refractivity contribution in [2.75, 3.05) is 24.5 Å². The summed E-state index contributed by atoms with van der Waals surface area (Å²) in [6.07, 6.45) is 0.868. The zero-order chi connectivity index (χ0) is 21.3. The van der Waals surface area contributed by atoms with Crippen LogP contribution in [0.3, 0.4) is 0 Å². The van der Waals surface area contributed by atoms with Crippen molar-refractivity contribution in [3.05, 3.63) is 58.6 Å². The number of carbonyl (C=O) groups excluding carboxylic acids is 1. The molecule has 158 valence electrons. The number of nitrogens with one attached hydrogen (secondary N) is 1. The predicted molar refractivity (Wildman–Crippen MR) is 118 cm³/mol. The lowest BCUT2D eigenvalue weighted by Gasteiger charge is -2.11. The number of aryl methyl sites for hydroxylation is 1. The SMILES string of the molecule is Cc1c(S(=O)(=O)Nc2cccc(C(=O)OCC3CCOC3)c2)sc2ccc(Cl)cc12. The lowest BCUT2D eigenvalue weighted by Crippen LogP contribution is -2.15. The van der Waals surface area contributed by atoms with Gasteiger partial charge in [0.25, 0.3) is 10.0 Å². The highest BCUT2D eigenvalue weighted by atomic mass is 35.5. The molecular formula is C21H20ClNO5S2. The Hall–Kier alpha value is -2.13. The van der Waals surface area contributed by atoms with Crippen molar-refractivity contribution in [1.82, 2.24) is 0 Å². The van der Waals surface area contributed by atoms with E-state index in [1.165, 1.54) is 17.4 Å². The van der Waals surface area contributed by atoms with Gasteiger partial charge in [0, 0.05) is 27.9 Å². The quantitative estimate of drug-likeness (QED) is 0.526. The Morgan fingerprint density at radius 2 is 2.13 bits per heavy atom. The molecule has 1 unspecified atom stereocenters. The molecule has 9 heteroatoms. The molecule has 30 heavy (non-hydrogen) atoms. The van der Waals surface area contributed by atoms with Gasteiger partial charge in [-0.2, -0.15) is 0 Å². The molecule has 4 rings (SSSR count). The van der Waals surface area contributed by atoms with Crippen LogP contribution < -0.4 is 4.72 Å². The van der Waals surface area contributed by atoms with Crippen LogP contribution in [0.5, 0.6) is 0 Å². The van der Waals surface area contributed by atoms with Crippen LogP contribution in [0.25, 0.3) is 10.1 Å². The van der Waals surface area contributed by atoms with Crippen molar-refractivity contribution in [2.24, 2.45) is 5.92 Å². The lowest BCUT2D eigenvalue weighted by atomic mass is 10.1. The second-order valence-corrected chi connectivity index (χ2v) is 10.5. The monoisotopic (exact) mass is 465 g/mol. The average Bonchev–Trinajstić information content (AvgIpc) is 3.34. The van der Waals surface area contributed by atoms with E-state index in [0.29, 0.717) is 36.1 Å². The van der Waals surface area contributed by atoms with Crippen LogP contribution >= 0.6 is 22.9 Å². The van der Waals surface area contributed by atoms with E-state index in [2.05, 4.69) is 4.72 Å². The Bertz CT molecular complexity index is 1200. The first-order chi connectivity index (χ1) is 14.3. The van der Waals surface area contributed by atoms with Gasteiger partial charge in [-0.05, 0) is 60.7 Å². The summed E-state index contributed by atoms with van der Waals surface area (Å²) in [7, 11) is -3.83. The minimum Gasteiger partial charge on any atom is -0.462 e. The number of fused-ring (bicyclic) bond motifs is 1. The summed E-state index contributed by atoms with van der Waals surface area (Å²) in [4.78, 5) is 12.3. The molecule has 1 N–H and O–H groups in total. The highest BCUT2D eigenvalue weighted by Crippen LogP contribution is 2.36. The van der Waals surface area contributed by atoms with Gasteiger partial charge in [-0.15, -0.1) is 11.3 Å². The number of halogens is 1. The summed E-state index contributed by atoms with van der Waals surface area (Å²) in [5, 5.41) is 1.36. The third-order valence-corrected chi connectivity index (χ3v) is 8.43. The fraction of sp³-hybridized carbons (Fsp3) is 0.286. The van der Waals surface area contributed by atoms with Gasteiger partial charge in [-0.1, -0.05) is 17.7 Å². The minimum atomic E-state index is -3.83. The van der Waals surface area contributed by atoms with Crippen LogP contribution in [-0.2, 0) is 19.5 Å². The molecule has 0 spiro atoms. The van der Waals surface area contributed by atoms with Gasteiger partial charge < -0.3 is 9.47 Å². The molecule has 1 fully saturated rings. The lowest BCUT2D eigenvalue weighted by molar-refractivity contribution is 0.0428. The summed E-state index contributed by atoms with van der Waals surface area (Å²) < 4.78 is 40.2. The van der Waals surface area contributed by atoms with Crippen molar-refractivity contribution in [3.8, 4) is 0 Å². The van der Waals surface area contributed by atoms with Crippen LogP contribution in [0.15, 0.2) is 46.7 Å². The molecule has 6 nitrogen and oxygen atoms in total. The van der Waals surface area contributed by atoms with Crippen molar-refractivity contribution >= 4 is 54.7 Å². The van der Waals surface area contributed by atoms with E-state index in [9.17, 15) is 13.2 Å². The van der Waals surface area contributed by atoms with Crippen LogP contribution in [0, 0.1) is 12.8 Å². The fourth-order valence-electron chi connectivity index (χ4n) is 3.33. The maximum absolute atomic E-state index is 13.0. The van der Waals surface area contributed by atoms with E-state index >= 15 is 0 Å². The van der Waals surface area contributed by atoms with Gasteiger partial charge in [0.1, 0.15) is 4.21 Å². The van der Waals surface area contributed by atoms with Gasteiger partial charge in [-0.3, -0.25) is 4.72 Å². The van der Waals surface area contributed by atoms with Crippen LogP contribution in [0.4, 0.5) is 5.69 Å². The van der Waals surface area contributed by atoms with E-state index in [0.717, 1.165) is 16.5 Å². The molecule has 0 aliphatic carbocycles. The van der Waals surface area contributed by atoms with Crippen molar-refractivity contribution in [1.29, 1.82) is 0 Å². The number of hydrogen-bond donors (Lipinski definition) is 1. The smallest absolute Gasteiger partial charge is 0.338 e. The van der Waals surface area contributed by atoms with Gasteiger partial charge in [0.15, 0.2) is 0 Å². The number of thiophene rings is 1. The first-order valence-electron chi connectivity index (χ1n) is 9.40. The molecule has 2 heterocycles. The summed E-state index contributed by atoms with van der Waals surface area (Å²) in [6, 6.07) is 11.6. The molecule has 1 aliphatic heterocycles. The second-order valence-electron chi connectivity index (χ2n) is 7.17. The van der Waals surface area contributed by atoms with E-state index in [-0.39, 0.29) is 15.7 Å². The molecule has 0 radical (unpaired) electrons. The van der Waals surface area contributed by atoms with Crippen LogP contribution in [0.2, 0.25) is 5.02 Å². The van der Waals surface area contributed by atoms with Crippen molar-refractivity contribution < 1.29 is 22.7 Å². The predicted octanol–water partition coefficient (Wildman–Crippen LogP) is 4.86. The van der Waals surface area contributed by atoms with E-state index in [1.54, 1.807) is 43.3 Å². The van der Waals surface area contributed by atoms with E-state index < -0.39 is 16.0 Å². The number of rotatable bonds is 6. The topological polar surface area (TPSA) is 81.7 Å². The van der Waals surface area contributed by atoms with E-state index in [1.807, 2.05) is 0 Å². The normalized spacial score (nSPS) is 16.7. The fourth-order valence-corrected chi connectivity index (χ4v) is 6.30. The molecule has 1 aliphatic rings. The molecular weight excluding hydrogens is 446 g/mol. The molecule has 3 aromatic rings. The Morgan fingerprint density at radius 1 is 1.30 bits per heavy atom. The van der Waals surface area contributed by atoms with E-state index in [4.69, 9.17) is 21.1 Å². The number of anilines is 1. The molecule has 2 aromatic carbocycles. The van der Waals surface area contributed by atoms with Crippen LogP contribution in [-0.4, -0.2) is 34.2 Å². The zero-order valence-corrected chi connectivity index (χ0v) is 18.6. The number of esters is 1. The number of sulfonamides is 1. The Morgan fingerprint density at radius 3 is 2.90 bits per heavy atom. The standard InChI is InChI=1S/C21H20ClNO5S2/c1-13-18-10-16(22)5-6-19(18)29-21(13)30(25,26)23-17-4-2-3-15(9-17)20(24)28-12-14-7-8-27-11-14/h2-6,9-10,14,23H,7-8,11-12H2,1H3. The second kappa shape index (κ2) is 8.55. The molecule has 0 saturated carbocycles. The number of benzene rings is 2. The van der Waals surface area contributed by atoms with Gasteiger partial charge in [0.05, 0.1) is 18.8 Å². The van der Waals surface area contributed by atoms with Gasteiger partial charge >= 0.3 is 5.97 Å². The third kappa shape index (κ3) is 4.46. The first kappa shape index (κ1) is 21.1. The largest absolute Gasteiger partial charge is 0.462 e. The minimum absolute atomic E-state index is 0.208. The van der Waals surface area contributed by atoms with Gasteiger partial charge in [-0.25, -0.2) is 13.2 Å². The number of ether oxygens (including phenoxy) is 2. The summed E-state index contributed by atoms with van der Waals surface area (Å²) >= 11 is 7.23. The Labute approximate surface area is 183 Å². The molecule has 0 amide bonds. The Balaban J connectivity index is 1.53. The molecule has 1 saturated heterocycles. The van der Waals surface area contributed by atoms with Crippen molar-refractivity contribution in [2.45, 2.75) is 17.6 Å². The average molecular weight is 466 g/mol. The summed E-state index contributed by atoms with van der Waals surface area (Å²) in [5.74, 6) is -0.282. The van der Waals surface area contributed by atoms with Crippen LogP contribution in [0.1, 0.15) is 22.3 Å². The highest BCUT2D eigenvalue weighted by molar-refractivity contribution is 7.94. The molecule has 1 atom stereocenters. The zero-order valence-electron chi connectivity index (χ0n) is 16.2. The maximum atomic E-state index is 13.0. The van der Waals surface area contributed by atoms with Crippen molar-refractivity contribution in [3.63, 3.8) is 0 Å². The first-order valence-corrected chi connectivity index (χ1v) is 12.1. The molecule has 0 bridgehead atoms. The maximum Gasteiger partial charge on any atom is 0.338 e. The summed E-state index contributed by atoms with van der Waals surface area (Å²) in [6.45, 7) is 3.32. The summed E-state index contributed by atoms with van der Waals surface area (Å²) in [5.41, 5.74) is 1.22. The number of hydrogen-bond acceptors (Lipinski definition) is 6. The number of carbonyl (C=O) groups is 1. The molecule has 1 aromatic heterocycles. The third-order valence-electron chi connectivity index (χ3n) is 4.92. The Kier molecular flexibility index (Phi) is 6.02. The highest BCUT2D eigenvalue weighted by Gasteiger charge is 2.23. The van der Waals surface area contributed by atoms with Gasteiger partial charge in [0.2, 0.25) is 0 Å².